The van der Waals surface area contributed by atoms with Crippen molar-refractivity contribution in [3.05, 3.63) is 87.8 Å². The van der Waals surface area contributed by atoms with E-state index in [9.17, 15) is 0 Å². The number of rotatable bonds is 1. The van der Waals surface area contributed by atoms with Crippen LogP contribution in [0.3, 0.4) is 0 Å². The van der Waals surface area contributed by atoms with Gasteiger partial charge in [0.15, 0.2) is 0 Å². The van der Waals surface area contributed by atoms with Crippen LogP contribution in [0.5, 0.6) is 0 Å². The fourth-order valence-corrected chi connectivity index (χ4v) is 4.83. The van der Waals surface area contributed by atoms with Crippen LogP contribution in [0, 0.1) is 0 Å². The van der Waals surface area contributed by atoms with Crippen molar-refractivity contribution >= 4 is 29.5 Å². The van der Waals surface area contributed by atoms with Crippen LogP contribution in [0.1, 0.15) is 28.7 Å². The number of hydrogen-bond acceptors (Lipinski definition) is 0. The van der Waals surface area contributed by atoms with Gasteiger partial charge in [0.05, 0.1) is 0 Å². The predicted molar refractivity (Wildman–Crippen MR) is 114 cm³/mol. The topological polar surface area (TPSA) is 0 Å². The Hall–Kier alpha value is -2.86. The Morgan fingerprint density at radius 3 is 2.50 bits per heavy atom. The average molecular weight is 334 g/mol. The van der Waals surface area contributed by atoms with Crippen LogP contribution in [0.15, 0.2) is 55.1 Å². The second-order valence-corrected chi connectivity index (χ2v) is 7.29. The Balaban J connectivity index is 1.94. The van der Waals surface area contributed by atoms with Gasteiger partial charge in [0.25, 0.3) is 0 Å². The maximum Gasteiger partial charge on any atom is -0.00670 e. The summed E-state index contributed by atoms with van der Waals surface area (Å²) in [5.74, 6) is 0. The van der Waals surface area contributed by atoms with Crippen LogP contribution in [-0.4, -0.2) is 0 Å². The Bertz CT molecular complexity index is 1210. The molecule has 126 valence electrons. The van der Waals surface area contributed by atoms with E-state index in [4.69, 9.17) is 0 Å². The molecule has 3 aromatic carbocycles. The molecule has 3 aromatic rings. The fraction of sp³-hybridized carbons (Fsp3) is 0.154. The van der Waals surface area contributed by atoms with Crippen LogP contribution in [-0.2, 0) is 19.3 Å². The lowest BCUT2D eigenvalue weighted by Crippen LogP contribution is -2.29. The van der Waals surface area contributed by atoms with E-state index in [1.54, 1.807) is 11.1 Å². The molecule has 0 heteroatoms. The van der Waals surface area contributed by atoms with Gasteiger partial charge in [-0.3, -0.25) is 0 Å². The first-order valence-electron chi connectivity index (χ1n) is 9.46. The van der Waals surface area contributed by atoms with E-state index in [0.29, 0.717) is 0 Å². The molecule has 0 nitrogen and oxygen atoms in total. The third kappa shape index (κ3) is 2.08. The molecule has 0 amide bonds. The van der Waals surface area contributed by atoms with Crippen molar-refractivity contribution in [1.82, 2.24) is 0 Å². The summed E-state index contributed by atoms with van der Waals surface area (Å²) in [6.45, 7) is 8.25. The van der Waals surface area contributed by atoms with Gasteiger partial charge < -0.3 is 0 Å². The normalized spacial score (nSPS) is 15.5. The molecule has 0 fully saturated rings. The van der Waals surface area contributed by atoms with Crippen molar-refractivity contribution in [3.63, 3.8) is 0 Å². The van der Waals surface area contributed by atoms with Crippen LogP contribution >= 0.6 is 0 Å². The van der Waals surface area contributed by atoms with Gasteiger partial charge in [-0.25, -0.2) is 0 Å². The number of allylic oxidation sites excluding steroid dienone is 2. The highest BCUT2D eigenvalue weighted by atomic mass is 14.3. The molecule has 26 heavy (non-hydrogen) atoms. The van der Waals surface area contributed by atoms with Gasteiger partial charge in [0, 0.05) is 0 Å². The lowest BCUT2D eigenvalue weighted by atomic mass is 9.76. The maximum absolute atomic E-state index is 4.40. The highest BCUT2D eigenvalue weighted by molar-refractivity contribution is 6.05. The van der Waals surface area contributed by atoms with Crippen LogP contribution in [0.2, 0.25) is 0 Å². The number of benzene rings is 3. The second-order valence-electron chi connectivity index (χ2n) is 7.29. The van der Waals surface area contributed by atoms with E-state index >= 15 is 0 Å². The minimum Gasteiger partial charge on any atom is -0.0990 e. The zero-order valence-corrected chi connectivity index (χ0v) is 15.0. The van der Waals surface area contributed by atoms with Crippen LogP contribution < -0.4 is 10.4 Å². The smallest absolute Gasteiger partial charge is 0.00670 e. The van der Waals surface area contributed by atoms with Gasteiger partial charge in [-0.2, -0.15) is 0 Å². The monoisotopic (exact) mass is 334 g/mol. The zero-order chi connectivity index (χ0) is 17.7. The number of fused-ring (bicyclic) bond motifs is 8. The molecule has 0 heterocycles. The SMILES string of the molecule is C=C/C=c1/ccc2c(c1=C)CCc1c3c(c4ccccc4c1-2)C=CCC3. The first-order chi connectivity index (χ1) is 12.8. The minimum atomic E-state index is 1.08. The Kier molecular flexibility index (Phi) is 3.46. The summed E-state index contributed by atoms with van der Waals surface area (Å²) < 4.78 is 0. The average Bonchev–Trinajstić information content (AvgIpc) is 2.70. The molecule has 0 aliphatic heterocycles. The summed E-state index contributed by atoms with van der Waals surface area (Å²) in [6.07, 6.45) is 13.1. The molecular weight excluding hydrogens is 312 g/mol. The lowest BCUT2D eigenvalue weighted by Gasteiger charge is -2.28. The number of hydrogen-bond donors (Lipinski definition) is 0. The Morgan fingerprint density at radius 1 is 0.846 bits per heavy atom. The molecule has 0 saturated heterocycles. The zero-order valence-electron chi connectivity index (χ0n) is 15.0. The highest BCUT2D eigenvalue weighted by Gasteiger charge is 2.25. The van der Waals surface area contributed by atoms with Gasteiger partial charge in [-0.15, -0.1) is 0 Å². The maximum atomic E-state index is 4.40. The summed E-state index contributed by atoms with van der Waals surface area (Å²) >= 11 is 0. The van der Waals surface area contributed by atoms with Crippen molar-refractivity contribution in [1.29, 1.82) is 0 Å². The third-order valence-electron chi connectivity index (χ3n) is 5.98. The first kappa shape index (κ1) is 15.4. The van der Waals surface area contributed by atoms with Gasteiger partial charge >= 0.3 is 0 Å². The molecule has 0 atom stereocenters. The van der Waals surface area contributed by atoms with Gasteiger partial charge in [-0.1, -0.05) is 73.9 Å². The fourth-order valence-electron chi connectivity index (χ4n) is 4.83. The van der Waals surface area contributed by atoms with E-state index in [1.807, 2.05) is 6.08 Å². The molecule has 2 aliphatic rings. The van der Waals surface area contributed by atoms with Crippen molar-refractivity contribution in [2.45, 2.75) is 25.7 Å². The second kappa shape index (κ2) is 5.85. The van der Waals surface area contributed by atoms with Crippen molar-refractivity contribution < 1.29 is 0 Å². The summed E-state index contributed by atoms with van der Waals surface area (Å²) in [7, 11) is 0. The molecule has 0 aromatic heterocycles. The summed E-state index contributed by atoms with van der Waals surface area (Å²) in [6, 6.07) is 13.4. The quantitative estimate of drug-likeness (QED) is 0.591. The van der Waals surface area contributed by atoms with Crippen LogP contribution in [0.4, 0.5) is 0 Å². The van der Waals surface area contributed by atoms with E-state index in [-0.39, 0.29) is 0 Å². The molecule has 0 spiro atoms. The van der Waals surface area contributed by atoms with Crippen molar-refractivity contribution in [3.8, 4) is 11.1 Å². The molecule has 0 N–H and O–H groups in total. The molecule has 0 radical (unpaired) electrons. The van der Waals surface area contributed by atoms with E-state index in [2.05, 4.69) is 67.8 Å². The Labute approximate surface area is 154 Å². The van der Waals surface area contributed by atoms with Crippen molar-refractivity contribution in [2.24, 2.45) is 0 Å². The summed E-state index contributed by atoms with van der Waals surface area (Å²) in [5.41, 5.74) is 8.82. The van der Waals surface area contributed by atoms with Gasteiger partial charge in [0.2, 0.25) is 0 Å². The molecular formula is C26H22. The highest BCUT2D eigenvalue weighted by Crippen LogP contribution is 2.43. The van der Waals surface area contributed by atoms with E-state index in [0.717, 1.165) is 30.9 Å². The molecule has 0 saturated carbocycles. The standard InChI is InChI=1S/C26H22/c1-3-8-18-13-14-24-19(17(18)2)15-16-25-22-11-5-4-9-20(22)21-10-6-7-12-23(21)26(24)25/h3-4,6-10,12-14H,1-2,5,11,15-16H2/b18-8-. The van der Waals surface area contributed by atoms with Crippen LogP contribution in [0.25, 0.3) is 40.6 Å². The lowest BCUT2D eigenvalue weighted by molar-refractivity contribution is 0.887. The van der Waals surface area contributed by atoms with Gasteiger partial charge in [0.1, 0.15) is 0 Å². The summed E-state index contributed by atoms with van der Waals surface area (Å²) in [4.78, 5) is 0. The largest absolute Gasteiger partial charge is 0.0990 e. The minimum absolute atomic E-state index is 1.08. The predicted octanol–water partition coefficient (Wildman–Crippen LogP) is 4.94. The first-order valence-corrected chi connectivity index (χ1v) is 9.46. The van der Waals surface area contributed by atoms with Gasteiger partial charge in [-0.05, 0) is 80.3 Å². The molecule has 2 aliphatic carbocycles. The van der Waals surface area contributed by atoms with E-state index in [1.165, 1.54) is 38.2 Å². The summed E-state index contributed by atoms with van der Waals surface area (Å²) in [5, 5.41) is 5.12. The third-order valence-corrected chi connectivity index (χ3v) is 5.98. The Morgan fingerprint density at radius 2 is 1.65 bits per heavy atom. The molecule has 5 rings (SSSR count). The van der Waals surface area contributed by atoms with Crippen molar-refractivity contribution in [2.75, 3.05) is 0 Å². The van der Waals surface area contributed by atoms with E-state index < -0.39 is 0 Å². The molecule has 0 bridgehead atoms. The molecule has 0 unspecified atom stereocenters.